The maximum atomic E-state index is 12.8. The molecule has 0 bridgehead atoms. The van der Waals surface area contributed by atoms with Crippen molar-refractivity contribution in [1.82, 2.24) is 4.90 Å². The quantitative estimate of drug-likeness (QED) is 0.730. The molecule has 4 heteroatoms. The van der Waals surface area contributed by atoms with E-state index in [1.54, 1.807) is 19.4 Å². The number of carbonyl (C=O) groups excluding carboxylic acids is 1. The van der Waals surface area contributed by atoms with Gasteiger partial charge in [-0.1, -0.05) is 13.8 Å². The second-order valence-electron chi connectivity index (χ2n) is 7.89. The molecular weight excluding hydrogens is 326 g/mol. The van der Waals surface area contributed by atoms with Crippen LogP contribution in [0.1, 0.15) is 43.9 Å². The van der Waals surface area contributed by atoms with Crippen LogP contribution in [0.15, 0.2) is 22.8 Å². The number of aryl methyl sites for hydroxylation is 2. The van der Waals surface area contributed by atoms with E-state index in [4.69, 9.17) is 9.15 Å². The molecule has 1 aromatic heterocycles. The number of benzene rings is 1. The van der Waals surface area contributed by atoms with Crippen molar-refractivity contribution < 1.29 is 13.9 Å². The highest BCUT2D eigenvalue weighted by molar-refractivity contribution is 5.98. The average Bonchev–Trinajstić information content (AvgIpc) is 2.95. The van der Waals surface area contributed by atoms with Crippen molar-refractivity contribution in [1.29, 1.82) is 0 Å². The molecule has 2 unspecified atom stereocenters. The van der Waals surface area contributed by atoms with Crippen molar-refractivity contribution in [3.8, 4) is 5.75 Å². The molecular formula is C22H29NO3. The summed E-state index contributed by atoms with van der Waals surface area (Å²) in [5, 5.41) is 1.07. The summed E-state index contributed by atoms with van der Waals surface area (Å²) in [7, 11) is 1.66. The number of fused-ring (bicyclic) bond motifs is 1. The maximum Gasteiger partial charge on any atom is 0.246 e. The Morgan fingerprint density at radius 1 is 1.27 bits per heavy atom. The number of allylic oxidation sites excluding steroid dienone is 1. The van der Waals surface area contributed by atoms with Crippen molar-refractivity contribution in [3.05, 3.63) is 35.1 Å². The fourth-order valence-electron chi connectivity index (χ4n) is 4.19. The number of rotatable bonds is 3. The Morgan fingerprint density at radius 3 is 2.54 bits per heavy atom. The molecule has 1 aliphatic heterocycles. The van der Waals surface area contributed by atoms with Crippen molar-refractivity contribution in [3.63, 3.8) is 0 Å². The zero-order valence-corrected chi connectivity index (χ0v) is 16.7. The molecule has 140 valence electrons. The third-order valence-corrected chi connectivity index (χ3v) is 5.39. The molecule has 0 aliphatic carbocycles. The lowest BCUT2D eigenvalue weighted by molar-refractivity contribution is -0.128. The molecule has 3 rings (SSSR count). The van der Waals surface area contributed by atoms with Gasteiger partial charge >= 0.3 is 0 Å². The van der Waals surface area contributed by atoms with Crippen LogP contribution in [0.4, 0.5) is 0 Å². The van der Waals surface area contributed by atoms with Gasteiger partial charge in [-0.2, -0.15) is 0 Å². The van der Waals surface area contributed by atoms with Crippen LogP contribution in [0.25, 0.3) is 16.5 Å². The van der Waals surface area contributed by atoms with Crippen LogP contribution in [-0.2, 0) is 4.79 Å². The predicted octanol–water partition coefficient (Wildman–Crippen LogP) is 4.97. The van der Waals surface area contributed by atoms with Crippen molar-refractivity contribution in [2.45, 2.75) is 41.0 Å². The topological polar surface area (TPSA) is 42.7 Å². The van der Waals surface area contributed by atoms with Gasteiger partial charge in [0.1, 0.15) is 11.3 Å². The normalized spacial score (nSPS) is 21.3. The highest BCUT2D eigenvalue weighted by Gasteiger charge is 2.25. The maximum absolute atomic E-state index is 12.8. The molecule has 0 spiro atoms. The molecule has 0 radical (unpaired) electrons. The Labute approximate surface area is 155 Å². The van der Waals surface area contributed by atoms with E-state index in [-0.39, 0.29) is 5.91 Å². The summed E-state index contributed by atoms with van der Waals surface area (Å²) in [5.74, 6) is 1.97. The van der Waals surface area contributed by atoms with Crippen LogP contribution >= 0.6 is 0 Å². The lowest BCUT2D eigenvalue weighted by Crippen LogP contribution is -2.41. The number of hydrogen-bond donors (Lipinski definition) is 0. The van der Waals surface area contributed by atoms with Gasteiger partial charge in [-0.25, -0.2) is 0 Å². The number of likely N-dealkylation sites (tertiary alicyclic amines) is 1. The molecule has 1 amide bonds. The summed E-state index contributed by atoms with van der Waals surface area (Å²) >= 11 is 0. The molecule has 2 aromatic rings. The second-order valence-corrected chi connectivity index (χ2v) is 7.89. The van der Waals surface area contributed by atoms with E-state index in [9.17, 15) is 4.79 Å². The van der Waals surface area contributed by atoms with E-state index in [1.165, 1.54) is 6.42 Å². The predicted molar refractivity (Wildman–Crippen MR) is 105 cm³/mol. The first-order chi connectivity index (χ1) is 12.3. The van der Waals surface area contributed by atoms with Gasteiger partial charge in [0.05, 0.1) is 13.4 Å². The zero-order chi connectivity index (χ0) is 19.0. The second kappa shape index (κ2) is 7.18. The fourth-order valence-corrected chi connectivity index (χ4v) is 4.19. The molecule has 1 aromatic carbocycles. The fraction of sp³-hybridized carbons (Fsp3) is 0.500. The summed E-state index contributed by atoms with van der Waals surface area (Å²) in [5.41, 5.74) is 4.77. The number of nitrogens with zero attached hydrogens (tertiary/aromatic N) is 1. The Kier molecular flexibility index (Phi) is 5.12. The molecule has 2 atom stereocenters. The standard InChI is InChI=1S/C22H29NO3/c1-13-7-14(2)11-23(10-13)20(24)8-15(3)18-9-19-16(4)12-26-22(19)17(5)21(18)25-6/h8-9,12-14H,7,10-11H2,1-6H3/b15-8+. The van der Waals surface area contributed by atoms with Gasteiger partial charge in [0.25, 0.3) is 0 Å². The monoisotopic (exact) mass is 355 g/mol. The summed E-state index contributed by atoms with van der Waals surface area (Å²) in [4.78, 5) is 14.8. The molecule has 1 saturated heterocycles. The first-order valence-corrected chi connectivity index (χ1v) is 9.34. The van der Waals surface area contributed by atoms with Crippen LogP contribution in [0.3, 0.4) is 0 Å². The Bertz CT molecular complexity index is 852. The number of carbonyl (C=O) groups is 1. The van der Waals surface area contributed by atoms with Crippen LogP contribution < -0.4 is 4.74 Å². The number of furan rings is 1. The third-order valence-electron chi connectivity index (χ3n) is 5.39. The van der Waals surface area contributed by atoms with E-state index in [2.05, 4.69) is 19.9 Å². The minimum Gasteiger partial charge on any atom is -0.496 e. The first kappa shape index (κ1) is 18.6. The van der Waals surface area contributed by atoms with Crippen LogP contribution in [-0.4, -0.2) is 31.0 Å². The lowest BCUT2D eigenvalue weighted by atomic mass is 9.91. The van der Waals surface area contributed by atoms with E-state index < -0.39 is 0 Å². The number of ether oxygens (including phenoxy) is 1. The van der Waals surface area contributed by atoms with Gasteiger partial charge in [0, 0.05) is 35.7 Å². The van der Waals surface area contributed by atoms with E-state index in [0.717, 1.165) is 52.1 Å². The van der Waals surface area contributed by atoms with Crippen LogP contribution in [0.5, 0.6) is 5.75 Å². The van der Waals surface area contributed by atoms with Crippen molar-refractivity contribution in [2.75, 3.05) is 20.2 Å². The minimum atomic E-state index is 0.0876. The molecule has 2 heterocycles. The SMILES string of the molecule is COc1c(/C(C)=C/C(=O)N2CC(C)CC(C)C2)cc2c(C)coc2c1C. The largest absolute Gasteiger partial charge is 0.496 e. The average molecular weight is 355 g/mol. The number of piperidine rings is 1. The summed E-state index contributed by atoms with van der Waals surface area (Å²) < 4.78 is 11.3. The summed E-state index contributed by atoms with van der Waals surface area (Å²) in [6, 6.07) is 2.07. The highest BCUT2D eigenvalue weighted by Crippen LogP contribution is 2.37. The van der Waals surface area contributed by atoms with Gasteiger partial charge in [-0.3, -0.25) is 4.79 Å². The molecule has 1 aliphatic rings. The smallest absolute Gasteiger partial charge is 0.246 e. The lowest BCUT2D eigenvalue weighted by Gasteiger charge is -2.34. The Balaban J connectivity index is 1.98. The molecule has 26 heavy (non-hydrogen) atoms. The van der Waals surface area contributed by atoms with Gasteiger partial charge in [0.15, 0.2) is 0 Å². The minimum absolute atomic E-state index is 0.0876. The number of hydrogen-bond acceptors (Lipinski definition) is 3. The highest BCUT2D eigenvalue weighted by atomic mass is 16.5. The van der Waals surface area contributed by atoms with Gasteiger partial charge < -0.3 is 14.1 Å². The number of amides is 1. The first-order valence-electron chi connectivity index (χ1n) is 9.34. The molecule has 0 N–H and O–H groups in total. The van der Waals surface area contributed by atoms with Crippen molar-refractivity contribution >= 4 is 22.4 Å². The van der Waals surface area contributed by atoms with Crippen LogP contribution in [0.2, 0.25) is 0 Å². The molecule has 4 nitrogen and oxygen atoms in total. The Morgan fingerprint density at radius 2 is 1.92 bits per heavy atom. The zero-order valence-electron chi connectivity index (χ0n) is 16.7. The van der Waals surface area contributed by atoms with Crippen LogP contribution in [0, 0.1) is 25.7 Å². The van der Waals surface area contributed by atoms with Gasteiger partial charge in [-0.05, 0) is 56.2 Å². The number of methoxy groups -OCH3 is 1. The molecule has 1 fully saturated rings. The van der Waals surface area contributed by atoms with Gasteiger partial charge in [-0.15, -0.1) is 0 Å². The summed E-state index contributed by atoms with van der Waals surface area (Å²) in [6.45, 7) is 12.1. The summed E-state index contributed by atoms with van der Waals surface area (Å²) in [6.07, 6.45) is 4.71. The van der Waals surface area contributed by atoms with Gasteiger partial charge in [0.2, 0.25) is 5.91 Å². The van der Waals surface area contributed by atoms with E-state index in [0.29, 0.717) is 11.8 Å². The van der Waals surface area contributed by atoms with E-state index in [1.807, 2.05) is 25.7 Å². The molecule has 0 saturated carbocycles. The van der Waals surface area contributed by atoms with Crippen molar-refractivity contribution in [2.24, 2.45) is 11.8 Å². The Hall–Kier alpha value is -2.23. The third kappa shape index (κ3) is 3.37. The van der Waals surface area contributed by atoms with E-state index >= 15 is 0 Å².